The fourth-order valence-corrected chi connectivity index (χ4v) is 3.58. The van der Waals surface area contributed by atoms with Gasteiger partial charge in [0.1, 0.15) is 6.04 Å². The van der Waals surface area contributed by atoms with E-state index in [4.69, 9.17) is 5.26 Å². The third kappa shape index (κ3) is 4.18. The molecular formula is C19H24N4O2. The lowest BCUT2D eigenvalue weighted by atomic mass is 10.0. The summed E-state index contributed by atoms with van der Waals surface area (Å²) in [6, 6.07) is 11.5. The molecule has 2 aliphatic heterocycles. The molecule has 1 atom stereocenters. The molecule has 6 heteroatoms. The first-order chi connectivity index (χ1) is 12.2. The summed E-state index contributed by atoms with van der Waals surface area (Å²) < 4.78 is 0. The number of hydrogen-bond acceptors (Lipinski definition) is 4. The topological polar surface area (TPSA) is 76.4 Å². The molecule has 25 heavy (non-hydrogen) atoms. The lowest BCUT2D eigenvalue weighted by molar-refractivity contribution is -0.130. The van der Waals surface area contributed by atoms with Gasteiger partial charge in [0, 0.05) is 31.2 Å². The maximum absolute atomic E-state index is 12.4. The molecule has 6 nitrogen and oxygen atoms in total. The highest BCUT2D eigenvalue weighted by Gasteiger charge is 2.29. The maximum Gasteiger partial charge on any atom is 0.253 e. The molecule has 1 N–H and O–H groups in total. The first kappa shape index (κ1) is 17.4. The molecule has 2 aliphatic rings. The molecule has 1 aromatic carbocycles. The van der Waals surface area contributed by atoms with Gasteiger partial charge in [-0.25, -0.2) is 0 Å². The Morgan fingerprint density at radius 3 is 2.52 bits per heavy atom. The van der Waals surface area contributed by atoms with E-state index in [2.05, 4.69) is 11.4 Å². The van der Waals surface area contributed by atoms with E-state index < -0.39 is 0 Å². The number of carbonyl (C=O) groups is 2. The van der Waals surface area contributed by atoms with E-state index >= 15 is 0 Å². The molecule has 0 aliphatic carbocycles. The van der Waals surface area contributed by atoms with Crippen LogP contribution in [0.25, 0.3) is 0 Å². The van der Waals surface area contributed by atoms with Gasteiger partial charge in [0.15, 0.2) is 0 Å². The van der Waals surface area contributed by atoms with Crippen LogP contribution in [0.4, 0.5) is 0 Å². The zero-order chi connectivity index (χ0) is 17.6. The highest BCUT2D eigenvalue weighted by molar-refractivity contribution is 5.94. The number of amides is 2. The number of benzene rings is 1. The lowest BCUT2D eigenvalue weighted by Crippen LogP contribution is -2.48. The summed E-state index contributed by atoms with van der Waals surface area (Å²) in [4.78, 5) is 28.3. The van der Waals surface area contributed by atoms with Gasteiger partial charge >= 0.3 is 0 Å². The van der Waals surface area contributed by atoms with Gasteiger partial charge in [0.05, 0.1) is 12.6 Å². The zero-order valence-corrected chi connectivity index (χ0v) is 14.4. The number of piperidine rings is 1. The van der Waals surface area contributed by atoms with Crippen LogP contribution in [0.3, 0.4) is 0 Å². The molecule has 0 saturated carbocycles. The number of carbonyl (C=O) groups excluding carboxylic acids is 2. The molecule has 3 rings (SSSR count). The van der Waals surface area contributed by atoms with E-state index in [-0.39, 0.29) is 30.4 Å². The van der Waals surface area contributed by atoms with Gasteiger partial charge in [-0.15, -0.1) is 0 Å². The minimum Gasteiger partial charge on any atom is -0.339 e. The quantitative estimate of drug-likeness (QED) is 0.899. The fourth-order valence-electron chi connectivity index (χ4n) is 3.58. The van der Waals surface area contributed by atoms with Crippen LogP contribution in [0.1, 0.15) is 36.0 Å². The molecule has 2 amide bonds. The fraction of sp³-hybridized carbons (Fsp3) is 0.526. The normalized spacial score (nSPS) is 21.2. The number of nitrogens with one attached hydrogen (secondary N) is 1. The molecule has 132 valence electrons. The Balaban J connectivity index is 1.43. The van der Waals surface area contributed by atoms with E-state index in [1.165, 1.54) is 0 Å². The molecule has 0 spiro atoms. The van der Waals surface area contributed by atoms with Crippen LogP contribution in [0, 0.1) is 11.3 Å². The van der Waals surface area contributed by atoms with Crippen molar-refractivity contribution in [1.29, 1.82) is 5.26 Å². The van der Waals surface area contributed by atoms with Crippen LogP contribution in [0.2, 0.25) is 0 Å². The van der Waals surface area contributed by atoms with E-state index in [1.807, 2.05) is 35.2 Å². The van der Waals surface area contributed by atoms with Gasteiger partial charge < -0.3 is 15.1 Å². The van der Waals surface area contributed by atoms with Gasteiger partial charge in [-0.05, 0) is 37.8 Å². The van der Waals surface area contributed by atoms with E-state index in [0.29, 0.717) is 19.6 Å². The van der Waals surface area contributed by atoms with Crippen LogP contribution in [-0.2, 0) is 4.79 Å². The third-order valence-electron chi connectivity index (χ3n) is 5.07. The van der Waals surface area contributed by atoms with Crippen LogP contribution in [0.5, 0.6) is 0 Å². The number of hydrogen-bond donors (Lipinski definition) is 1. The Morgan fingerprint density at radius 1 is 1.12 bits per heavy atom. The maximum atomic E-state index is 12.4. The Bertz CT molecular complexity index is 647. The van der Waals surface area contributed by atoms with Crippen LogP contribution in [-0.4, -0.2) is 59.9 Å². The summed E-state index contributed by atoms with van der Waals surface area (Å²) in [5.41, 5.74) is 0.723. The number of rotatable bonds is 4. The molecule has 0 radical (unpaired) electrons. The summed E-state index contributed by atoms with van der Waals surface area (Å²) in [6.45, 7) is 2.35. The third-order valence-corrected chi connectivity index (χ3v) is 5.07. The molecule has 0 bridgehead atoms. The molecule has 2 fully saturated rings. The molecule has 2 saturated heterocycles. The van der Waals surface area contributed by atoms with Crippen molar-refractivity contribution in [3.8, 4) is 6.07 Å². The number of likely N-dealkylation sites (tertiary alicyclic amines) is 2. The van der Waals surface area contributed by atoms with Crippen molar-refractivity contribution in [2.24, 2.45) is 0 Å². The smallest absolute Gasteiger partial charge is 0.253 e. The van der Waals surface area contributed by atoms with E-state index in [1.54, 1.807) is 4.90 Å². The average Bonchev–Trinajstić information content (AvgIpc) is 3.15. The summed E-state index contributed by atoms with van der Waals surface area (Å²) in [7, 11) is 0. The summed E-state index contributed by atoms with van der Waals surface area (Å²) in [5.74, 6) is 0.0795. The summed E-state index contributed by atoms with van der Waals surface area (Å²) in [5, 5.41) is 12.4. The molecule has 0 unspecified atom stereocenters. The minimum atomic E-state index is -0.264. The van der Waals surface area contributed by atoms with Crippen LogP contribution < -0.4 is 5.32 Å². The number of nitrogens with zero attached hydrogens (tertiary/aromatic N) is 3. The SMILES string of the molecule is N#C[C@@H]1CCCN1C(=O)CNC1CCN(C(=O)c2ccccc2)CC1. The van der Waals surface area contributed by atoms with Gasteiger partial charge in [-0.2, -0.15) is 5.26 Å². The minimum absolute atomic E-state index is 0.00633. The second-order valence-electron chi connectivity index (χ2n) is 6.69. The van der Waals surface area contributed by atoms with Crippen LogP contribution in [0.15, 0.2) is 30.3 Å². The van der Waals surface area contributed by atoms with Gasteiger partial charge in [-0.1, -0.05) is 18.2 Å². The van der Waals surface area contributed by atoms with Crippen molar-refractivity contribution in [1.82, 2.24) is 15.1 Å². The Hall–Kier alpha value is -2.39. The van der Waals surface area contributed by atoms with Crippen molar-refractivity contribution in [3.05, 3.63) is 35.9 Å². The first-order valence-electron chi connectivity index (χ1n) is 8.96. The van der Waals surface area contributed by atoms with Crippen molar-refractivity contribution in [2.75, 3.05) is 26.2 Å². The second-order valence-corrected chi connectivity index (χ2v) is 6.69. The van der Waals surface area contributed by atoms with E-state index in [9.17, 15) is 9.59 Å². The summed E-state index contributed by atoms with van der Waals surface area (Å²) in [6.07, 6.45) is 3.37. The average molecular weight is 340 g/mol. The molecule has 2 heterocycles. The summed E-state index contributed by atoms with van der Waals surface area (Å²) >= 11 is 0. The van der Waals surface area contributed by atoms with Crippen molar-refractivity contribution in [2.45, 2.75) is 37.8 Å². The highest BCUT2D eigenvalue weighted by atomic mass is 16.2. The van der Waals surface area contributed by atoms with E-state index in [0.717, 1.165) is 31.2 Å². The largest absolute Gasteiger partial charge is 0.339 e. The second kappa shape index (κ2) is 8.13. The Kier molecular flexibility index (Phi) is 5.67. The van der Waals surface area contributed by atoms with Crippen molar-refractivity contribution >= 4 is 11.8 Å². The Morgan fingerprint density at radius 2 is 1.84 bits per heavy atom. The van der Waals surface area contributed by atoms with Crippen molar-refractivity contribution in [3.63, 3.8) is 0 Å². The predicted octanol–water partition coefficient (Wildman–Crippen LogP) is 1.40. The number of nitriles is 1. The highest BCUT2D eigenvalue weighted by Crippen LogP contribution is 2.17. The molecule has 1 aromatic rings. The molecular weight excluding hydrogens is 316 g/mol. The van der Waals surface area contributed by atoms with Gasteiger partial charge in [0.2, 0.25) is 5.91 Å². The van der Waals surface area contributed by atoms with Gasteiger partial charge in [0.25, 0.3) is 5.91 Å². The molecule has 0 aromatic heterocycles. The van der Waals surface area contributed by atoms with Gasteiger partial charge in [-0.3, -0.25) is 9.59 Å². The standard InChI is InChI=1S/C19H24N4O2/c20-13-17-7-4-10-23(17)18(24)14-21-16-8-11-22(12-9-16)19(25)15-5-2-1-3-6-15/h1-3,5-6,16-17,21H,4,7-12,14H2/t17-/m0/s1. The lowest BCUT2D eigenvalue weighted by Gasteiger charge is -2.33. The first-order valence-corrected chi connectivity index (χ1v) is 8.96. The predicted molar refractivity (Wildman–Crippen MR) is 93.7 cm³/mol. The van der Waals surface area contributed by atoms with Crippen LogP contribution >= 0.6 is 0 Å². The Labute approximate surface area is 148 Å². The van der Waals surface area contributed by atoms with Crippen molar-refractivity contribution < 1.29 is 9.59 Å². The monoisotopic (exact) mass is 340 g/mol. The zero-order valence-electron chi connectivity index (χ0n) is 14.4.